The van der Waals surface area contributed by atoms with Crippen molar-refractivity contribution in [3.8, 4) is 0 Å². The number of hydrogen-bond donors (Lipinski definition) is 1. The van der Waals surface area contributed by atoms with Crippen molar-refractivity contribution in [1.82, 2.24) is 10.2 Å². The number of rotatable bonds is 11. The molecule has 1 aliphatic rings. The van der Waals surface area contributed by atoms with E-state index >= 15 is 0 Å². The van der Waals surface area contributed by atoms with E-state index in [1.54, 1.807) is 12.1 Å². The van der Waals surface area contributed by atoms with E-state index in [1.165, 1.54) is 4.90 Å². The molecule has 2 amide bonds. The fourth-order valence-corrected chi connectivity index (χ4v) is 6.55. The maximum atomic E-state index is 14.2. The van der Waals surface area contributed by atoms with E-state index in [1.807, 2.05) is 73.7 Å². The van der Waals surface area contributed by atoms with Gasteiger partial charge in [0.2, 0.25) is 21.8 Å². The molecule has 7 nitrogen and oxygen atoms in total. The van der Waals surface area contributed by atoms with Gasteiger partial charge in [0.05, 0.1) is 11.9 Å². The zero-order valence-electron chi connectivity index (χ0n) is 22.9. The number of benzene rings is 3. The van der Waals surface area contributed by atoms with E-state index in [2.05, 4.69) is 21.2 Å². The minimum Gasteiger partial charge on any atom is -0.352 e. The molecule has 9 heteroatoms. The number of amides is 2. The van der Waals surface area contributed by atoms with E-state index in [-0.39, 0.29) is 18.5 Å². The first-order valence-electron chi connectivity index (χ1n) is 13.5. The van der Waals surface area contributed by atoms with Crippen molar-refractivity contribution in [2.45, 2.75) is 57.7 Å². The summed E-state index contributed by atoms with van der Waals surface area (Å²) in [7, 11) is -3.79. The average Bonchev–Trinajstić information content (AvgIpc) is 3.43. The van der Waals surface area contributed by atoms with Crippen LogP contribution in [0.25, 0.3) is 0 Å². The molecule has 0 saturated heterocycles. The number of halogens is 1. The van der Waals surface area contributed by atoms with E-state index in [0.717, 1.165) is 57.4 Å². The molecule has 0 bridgehead atoms. The lowest BCUT2D eigenvalue weighted by Crippen LogP contribution is -2.54. The number of carbonyl (C=O) groups excluding carboxylic acids is 2. The number of hydrogen-bond acceptors (Lipinski definition) is 4. The number of anilines is 1. The normalized spacial score (nSPS) is 14.5. The summed E-state index contributed by atoms with van der Waals surface area (Å²) in [6.45, 7) is 1.55. The predicted octanol–water partition coefficient (Wildman–Crippen LogP) is 5.22. The minimum atomic E-state index is -3.79. The largest absolute Gasteiger partial charge is 0.352 e. The Kier molecular flexibility index (Phi) is 10.0. The second-order valence-corrected chi connectivity index (χ2v) is 13.2. The van der Waals surface area contributed by atoms with Gasteiger partial charge in [-0.1, -0.05) is 89.4 Å². The minimum absolute atomic E-state index is 0.0769. The zero-order valence-corrected chi connectivity index (χ0v) is 25.3. The quantitative estimate of drug-likeness (QED) is 0.316. The molecule has 0 radical (unpaired) electrons. The molecule has 0 aromatic heterocycles. The van der Waals surface area contributed by atoms with E-state index in [9.17, 15) is 18.0 Å². The topological polar surface area (TPSA) is 86.8 Å². The lowest BCUT2D eigenvalue weighted by molar-refractivity contribution is -0.140. The Morgan fingerprint density at radius 3 is 2.25 bits per heavy atom. The Balaban J connectivity index is 1.73. The molecule has 212 valence electrons. The molecule has 0 unspecified atom stereocenters. The summed E-state index contributed by atoms with van der Waals surface area (Å²) in [5.74, 6) is -0.669. The van der Waals surface area contributed by atoms with Gasteiger partial charge < -0.3 is 10.2 Å². The van der Waals surface area contributed by atoms with Gasteiger partial charge in [-0.2, -0.15) is 0 Å². The molecule has 1 aliphatic carbocycles. The summed E-state index contributed by atoms with van der Waals surface area (Å²) in [6.07, 6.45) is 5.36. The second kappa shape index (κ2) is 13.5. The molecule has 1 N–H and O–H groups in total. The summed E-state index contributed by atoms with van der Waals surface area (Å²) in [5.41, 5.74) is 2.92. The molecule has 40 heavy (non-hydrogen) atoms. The molecular formula is C31H36BrN3O4S. The van der Waals surface area contributed by atoms with E-state index < -0.39 is 28.5 Å². The maximum absolute atomic E-state index is 14.2. The Bertz CT molecular complexity index is 1430. The van der Waals surface area contributed by atoms with Crippen LogP contribution in [0.15, 0.2) is 83.3 Å². The van der Waals surface area contributed by atoms with Gasteiger partial charge in [0.15, 0.2) is 0 Å². The van der Waals surface area contributed by atoms with Gasteiger partial charge in [-0.25, -0.2) is 8.42 Å². The van der Waals surface area contributed by atoms with Crippen LogP contribution in [0.5, 0.6) is 0 Å². The number of nitrogens with zero attached hydrogens (tertiary/aromatic N) is 2. The van der Waals surface area contributed by atoms with Gasteiger partial charge in [0.1, 0.15) is 12.6 Å². The first-order valence-corrected chi connectivity index (χ1v) is 16.2. The first-order chi connectivity index (χ1) is 19.1. The summed E-state index contributed by atoms with van der Waals surface area (Å²) < 4.78 is 27.9. The van der Waals surface area contributed by atoms with Crippen LogP contribution in [-0.2, 0) is 32.6 Å². The van der Waals surface area contributed by atoms with E-state index in [0.29, 0.717) is 12.1 Å². The molecule has 0 aliphatic heterocycles. The summed E-state index contributed by atoms with van der Waals surface area (Å²) in [6, 6.07) is 23.5. The third-order valence-electron chi connectivity index (χ3n) is 7.28. The molecule has 4 rings (SSSR count). The van der Waals surface area contributed by atoms with Crippen LogP contribution in [0, 0.1) is 6.92 Å². The third kappa shape index (κ3) is 7.95. The number of nitrogens with one attached hydrogen (secondary N) is 1. The van der Waals surface area contributed by atoms with Crippen LogP contribution in [-0.4, -0.2) is 50.0 Å². The van der Waals surface area contributed by atoms with Gasteiger partial charge in [-0.05, 0) is 54.7 Å². The van der Waals surface area contributed by atoms with Crippen molar-refractivity contribution in [2.24, 2.45) is 0 Å². The van der Waals surface area contributed by atoms with Crippen LogP contribution in [0.3, 0.4) is 0 Å². The third-order valence-corrected chi connectivity index (χ3v) is 8.90. The Labute approximate surface area is 245 Å². The first kappa shape index (κ1) is 29.8. The molecule has 1 saturated carbocycles. The maximum Gasteiger partial charge on any atom is 0.244 e. The van der Waals surface area contributed by atoms with E-state index in [4.69, 9.17) is 0 Å². The van der Waals surface area contributed by atoms with Crippen LogP contribution in [0.1, 0.15) is 42.4 Å². The van der Waals surface area contributed by atoms with Gasteiger partial charge in [0.25, 0.3) is 0 Å². The van der Waals surface area contributed by atoms with Crippen LogP contribution in [0.2, 0.25) is 0 Å². The number of sulfonamides is 1. The van der Waals surface area contributed by atoms with Crippen molar-refractivity contribution in [2.75, 3.05) is 17.1 Å². The fraction of sp³-hybridized carbons (Fsp3) is 0.355. The highest BCUT2D eigenvalue weighted by Crippen LogP contribution is 2.24. The SMILES string of the molecule is Cc1ccccc1N(CC(=O)N(Cc1cccc(Br)c1)[C@H](Cc1ccccc1)C(=O)NC1CCCC1)S(C)(=O)=O. The Morgan fingerprint density at radius 2 is 1.60 bits per heavy atom. The summed E-state index contributed by atoms with van der Waals surface area (Å²) >= 11 is 3.50. The van der Waals surface area contributed by atoms with Gasteiger partial charge >= 0.3 is 0 Å². The number of para-hydroxylation sites is 1. The Hall–Kier alpha value is -3.17. The molecule has 1 atom stereocenters. The summed E-state index contributed by atoms with van der Waals surface area (Å²) in [5, 5.41) is 3.18. The summed E-state index contributed by atoms with van der Waals surface area (Å²) in [4.78, 5) is 29.6. The smallest absolute Gasteiger partial charge is 0.244 e. The highest BCUT2D eigenvalue weighted by Gasteiger charge is 2.34. The number of aryl methyl sites for hydroxylation is 1. The highest BCUT2D eigenvalue weighted by molar-refractivity contribution is 9.10. The van der Waals surface area contributed by atoms with Crippen molar-refractivity contribution >= 4 is 43.5 Å². The lowest BCUT2D eigenvalue weighted by atomic mass is 10.0. The van der Waals surface area contributed by atoms with Crippen LogP contribution >= 0.6 is 15.9 Å². The van der Waals surface area contributed by atoms with Crippen LogP contribution in [0.4, 0.5) is 5.69 Å². The Morgan fingerprint density at radius 1 is 0.950 bits per heavy atom. The predicted molar refractivity (Wildman–Crippen MR) is 162 cm³/mol. The molecule has 3 aromatic rings. The van der Waals surface area contributed by atoms with Gasteiger partial charge in [-0.15, -0.1) is 0 Å². The lowest BCUT2D eigenvalue weighted by Gasteiger charge is -2.34. The molecule has 0 heterocycles. The zero-order chi connectivity index (χ0) is 28.7. The van der Waals surface area contributed by atoms with Crippen molar-refractivity contribution < 1.29 is 18.0 Å². The highest BCUT2D eigenvalue weighted by atomic mass is 79.9. The van der Waals surface area contributed by atoms with Gasteiger partial charge in [-0.3, -0.25) is 13.9 Å². The average molecular weight is 627 g/mol. The van der Waals surface area contributed by atoms with Crippen LogP contribution < -0.4 is 9.62 Å². The van der Waals surface area contributed by atoms with Crippen molar-refractivity contribution in [3.63, 3.8) is 0 Å². The molecular weight excluding hydrogens is 590 g/mol. The van der Waals surface area contributed by atoms with Crippen molar-refractivity contribution in [1.29, 1.82) is 0 Å². The molecule has 0 spiro atoms. The fourth-order valence-electron chi connectivity index (χ4n) is 5.19. The molecule has 1 fully saturated rings. The van der Waals surface area contributed by atoms with Gasteiger partial charge in [0, 0.05) is 23.5 Å². The molecule has 3 aromatic carbocycles. The van der Waals surface area contributed by atoms with Crippen molar-refractivity contribution in [3.05, 3.63) is 100 Å². The monoisotopic (exact) mass is 625 g/mol. The standard InChI is InChI=1S/C31H36BrN3O4S/c1-23-11-6-9-18-28(23)35(40(2,38)39)22-30(36)34(21-25-14-10-15-26(32)19-25)29(20-24-12-4-3-5-13-24)31(37)33-27-16-7-8-17-27/h3-6,9-15,18-19,27,29H,7-8,16-17,20-22H2,1-2H3,(H,33,37)/t29-/m1/s1. The number of carbonyl (C=O) groups is 2. The second-order valence-electron chi connectivity index (χ2n) is 10.4.